The first-order valence-electron chi connectivity index (χ1n) is 9.42. The van der Waals surface area contributed by atoms with Crippen LogP contribution >= 0.6 is 35.3 Å². The maximum absolute atomic E-state index is 14.0. The van der Waals surface area contributed by atoms with Crippen molar-refractivity contribution in [2.75, 3.05) is 14.1 Å². The number of aliphatic imine (C=N–C) groups is 1. The third kappa shape index (κ3) is 4.48. The van der Waals surface area contributed by atoms with Gasteiger partial charge in [0.2, 0.25) is 0 Å². The number of halogens is 3. The van der Waals surface area contributed by atoms with E-state index in [0.717, 1.165) is 23.8 Å². The van der Waals surface area contributed by atoms with E-state index in [9.17, 15) is 8.78 Å². The lowest BCUT2D eigenvalue weighted by Crippen LogP contribution is -2.40. The first-order valence-corrected chi connectivity index (χ1v) is 10.2. The molecule has 0 spiro atoms. The van der Waals surface area contributed by atoms with E-state index in [0.29, 0.717) is 13.0 Å². The summed E-state index contributed by atoms with van der Waals surface area (Å²) in [6.45, 7) is 0.683. The summed E-state index contributed by atoms with van der Waals surface area (Å²) >= 11 is 1.79. The number of rotatable bonds is 4. The normalized spacial score (nSPS) is 20.9. The zero-order valence-electron chi connectivity index (χ0n) is 16.0. The summed E-state index contributed by atoms with van der Waals surface area (Å²) in [6, 6.07) is 4.04. The highest BCUT2D eigenvalue weighted by atomic mass is 127. The van der Waals surface area contributed by atoms with Crippen LogP contribution in [0.2, 0.25) is 0 Å². The topological polar surface area (TPSA) is 40.5 Å². The molecule has 0 bridgehead atoms. The fourth-order valence-corrected chi connectivity index (χ4v) is 5.01. The van der Waals surface area contributed by atoms with Crippen LogP contribution in [-0.2, 0) is 19.4 Å². The van der Waals surface area contributed by atoms with E-state index >= 15 is 0 Å². The maximum Gasteiger partial charge on any atom is 0.194 e. The molecule has 2 atom stereocenters. The summed E-state index contributed by atoms with van der Waals surface area (Å²) in [4.78, 5) is 12.6. The average molecular weight is 518 g/mol. The van der Waals surface area contributed by atoms with Crippen LogP contribution in [0, 0.1) is 11.6 Å². The summed E-state index contributed by atoms with van der Waals surface area (Å²) in [5, 5.41) is 4.44. The monoisotopic (exact) mass is 518 g/mol. The second-order valence-corrected chi connectivity index (χ2v) is 8.48. The number of aromatic nitrogens is 1. The van der Waals surface area contributed by atoms with Crippen molar-refractivity contribution in [3.63, 3.8) is 0 Å². The van der Waals surface area contributed by atoms with Gasteiger partial charge < -0.3 is 10.2 Å². The molecule has 0 saturated heterocycles. The van der Waals surface area contributed by atoms with Crippen molar-refractivity contribution >= 4 is 41.3 Å². The van der Waals surface area contributed by atoms with Crippen molar-refractivity contribution < 1.29 is 8.78 Å². The molecule has 152 valence electrons. The Morgan fingerprint density at radius 3 is 2.68 bits per heavy atom. The van der Waals surface area contributed by atoms with Gasteiger partial charge in [0.1, 0.15) is 16.6 Å². The van der Waals surface area contributed by atoms with Gasteiger partial charge in [0.15, 0.2) is 5.96 Å². The van der Waals surface area contributed by atoms with Crippen molar-refractivity contribution in [1.82, 2.24) is 15.2 Å². The van der Waals surface area contributed by atoms with Crippen LogP contribution in [0.25, 0.3) is 0 Å². The van der Waals surface area contributed by atoms with Gasteiger partial charge >= 0.3 is 0 Å². The van der Waals surface area contributed by atoms with Gasteiger partial charge in [0, 0.05) is 36.5 Å². The lowest BCUT2D eigenvalue weighted by Gasteiger charge is -2.21. The molecule has 2 aliphatic carbocycles. The summed E-state index contributed by atoms with van der Waals surface area (Å²) < 4.78 is 28.0. The molecule has 1 fully saturated rings. The van der Waals surface area contributed by atoms with Crippen molar-refractivity contribution in [3.8, 4) is 0 Å². The first kappa shape index (κ1) is 21.4. The van der Waals surface area contributed by atoms with Gasteiger partial charge in [-0.3, -0.25) is 4.99 Å². The van der Waals surface area contributed by atoms with Crippen molar-refractivity contribution in [2.45, 2.75) is 50.6 Å². The Kier molecular flexibility index (Phi) is 6.90. The molecule has 4 rings (SSSR count). The molecule has 28 heavy (non-hydrogen) atoms. The number of hydrogen-bond donors (Lipinski definition) is 1. The molecule has 1 aromatic carbocycles. The second kappa shape index (κ2) is 9.02. The number of thiazole rings is 1. The van der Waals surface area contributed by atoms with Gasteiger partial charge in [0.25, 0.3) is 0 Å². The van der Waals surface area contributed by atoms with E-state index < -0.39 is 11.6 Å². The molecule has 2 unspecified atom stereocenters. The van der Waals surface area contributed by atoms with Crippen LogP contribution in [0.1, 0.15) is 46.3 Å². The minimum atomic E-state index is -0.471. The van der Waals surface area contributed by atoms with E-state index in [1.165, 1.54) is 41.6 Å². The Labute approximate surface area is 185 Å². The highest BCUT2D eigenvalue weighted by Gasteiger charge is 2.42. The Bertz CT molecular complexity index is 826. The quantitative estimate of drug-likeness (QED) is 0.369. The first-order chi connectivity index (χ1) is 13.1. The second-order valence-electron chi connectivity index (χ2n) is 7.32. The van der Waals surface area contributed by atoms with E-state index in [-0.39, 0.29) is 41.5 Å². The molecular weight excluding hydrogens is 493 g/mol. The minimum absolute atomic E-state index is 0. The number of nitrogens with one attached hydrogen (secondary N) is 1. The number of guanidine groups is 1. The lowest BCUT2D eigenvalue weighted by molar-refractivity contribution is 0.472. The summed E-state index contributed by atoms with van der Waals surface area (Å²) in [7, 11) is 3.70. The highest BCUT2D eigenvalue weighted by Crippen LogP contribution is 2.43. The number of hydrogen-bond acceptors (Lipinski definition) is 3. The van der Waals surface area contributed by atoms with Crippen LogP contribution in [0.5, 0.6) is 0 Å². The standard InChI is InChI=1S/C20H24F2N4S.HI/c1-23-20(25-16-10-12(16)19-13(21)6-5-7-14(19)22)26(2)11-18-24-15-8-3-4-9-17(15)27-18;/h5-7,12,16H,3-4,8-11H2,1-2H3,(H,23,25);1H. The van der Waals surface area contributed by atoms with Crippen LogP contribution < -0.4 is 5.32 Å². The number of nitrogens with zero attached hydrogens (tertiary/aromatic N) is 3. The van der Waals surface area contributed by atoms with E-state index in [1.54, 1.807) is 18.4 Å². The van der Waals surface area contributed by atoms with Gasteiger partial charge in [0.05, 0.1) is 12.2 Å². The molecule has 2 aromatic rings. The molecule has 4 nitrogen and oxygen atoms in total. The fraction of sp³-hybridized carbons (Fsp3) is 0.500. The number of fused-ring (bicyclic) bond motifs is 1. The average Bonchev–Trinajstić information content (AvgIpc) is 3.27. The largest absolute Gasteiger partial charge is 0.353 e. The van der Waals surface area contributed by atoms with Gasteiger partial charge in [-0.15, -0.1) is 35.3 Å². The van der Waals surface area contributed by atoms with Gasteiger partial charge in [-0.05, 0) is 44.2 Å². The Hall–Kier alpha value is -1.29. The minimum Gasteiger partial charge on any atom is -0.353 e. The van der Waals surface area contributed by atoms with Crippen molar-refractivity contribution in [1.29, 1.82) is 0 Å². The molecule has 0 amide bonds. The van der Waals surface area contributed by atoms with Crippen LogP contribution in [0.4, 0.5) is 8.78 Å². The van der Waals surface area contributed by atoms with Crippen LogP contribution in [-0.4, -0.2) is 36.0 Å². The molecule has 2 aliphatic rings. The predicted molar refractivity (Wildman–Crippen MR) is 120 cm³/mol. The molecule has 0 radical (unpaired) electrons. The molecule has 8 heteroatoms. The van der Waals surface area contributed by atoms with Gasteiger partial charge in [-0.1, -0.05) is 6.07 Å². The summed E-state index contributed by atoms with van der Waals surface area (Å²) in [5.41, 5.74) is 1.44. The third-order valence-corrected chi connectivity index (χ3v) is 6.45. The number of aryl methyl sites for hydroxylation is 2. The van der Waals surface area contributed by atoms with Crippen molar-refractivity contribution in [2.24, 2.45) is 4.99 Å². The van der Waals surface area contributed by atoms with Crippen molar-refractivity contribution in [3.05, 3.63) is 51.0 Å². The molecule has 1 N–H and O–H groups in total. The van der Waals surface area contributed by atoms with E-state index in [1.807, 2.05) is 11.9 Å². The summed E-state index contributed by atoms with van der Waals surface area (Å²) in [6.07, 6.45) is 5.41. The molecule has 1 heterocycles. The highest BCUT2D eigenvalue weighted by molar-refractivity contribution is 14.0. The van der Waals surface area contributed by atoms with Gasteiger partial charge in [-0.25, -0.2) is 13.8 Å². The maximum atomic E-state index is 14.0. The predicted octanol–water partition coefficient (Wildman–Crippen LogP) is 4.48. The SMILES string of the molecule is CN=C(NC1CC1c1c(F)cccc1F)N(C)Cc1nc2c(s1)CCCC2.I. The number of benzene rings is 1. The molecule has 0 aliphatic heterocycles. The van der Waals surface area contributed by atoms with Crippen LogP contribution in [0.3, 0.4) is 0 Å². The lowest BCUT2D eigenvalue weighted by atomic mass is 10.0. The Morgan fingerprint density at radius 2 is 2.00 bits per heavy atom. The van der Waals surface area contributed by atoms with E-state index in [4.69, 9.17) is 4.98 Å². The van der Waals surface area contributed by atoms with E-state index in [2.05, 4.69) is 10.3 Å². The molecule has 1 aromatic heterocycles. The molecule has 1 saturated carbocycles. The Morgan fingerprint density at radius 1 is 1.29 bits per heavy atom. The zero-order valence-corrected chi connectivity index (χ0v) is 19.2. The smallest absolute Gasteiger partial charge is 0.194 e. The zero-order chi connectivity index (χ0) is 19.0. The van der Waals surface area contributed by atoms with Gasteiger partial charge in [-0.2, -0.15) is 0 Å². The molecular formula is C20H25F2IN4S. The van der Waals surface area contributed by atoms with Crippen LogP contribution in [0.15, 0.2) is 23.2 Å². The Balaban J connectivity index is 0.00000225. The third-order valence-electron chi connectivity index (χ3n) is 5.31. The fourth-order valence-electron chi connectivity index (χ4n) is 3.80. The summed E-state index contributed by atoms with van der Waals surface area (Å²) in [5.74, 6) is -0.363.